The molecule has 1 aliphatic heterocycles. The van der Waals surface area contributed by atoms with Crippen molar-refractivity contribution in [3.05, 3.63) is 30.2 Å². The van der Waals surface area contributed by atoms with Crippen molar-refractivity contribution in [2.75, 3.05) is 26.2 Å². The number of urea groups is 1. The molecule has 1 N–H and O–H groups in total. The number of carbonyl (C=O) groups excluding carboxylic acids is 1. The third-order valence-corrected chi connectivity index (χ3v) is 5.04. The Morgan fingerprint density at radius 2 is 1.92 bits per heavy atom. The van der Waals surface area contributed by atoms with Gasteiger partial charge in [-0.3, -0.25) is 4.90 Å². The molecule has 1 saturated carbocycles. The van der Waals surface area contributed by atoms with Crippen LogP contribution in [0.15, 0.2) is 28.7 Å². The topological polar surface area (TPSA) is 61.6 Å². The normalized spacial score (nSPS) is 19.9. The number of hydrogen-bond donors (Lipinski definition) is 1. The largest absolute Gasteiger partial charge is 0.439 e. The van der Waals surface area contributed by atoms with E-state index in [1.54, 1.807) is 0 Å². The van der Waals surface area contributed by atoms with Crippen molar-refractivity contribution in [1.29, 1.82) is 0 Å². The van der Waals surface area contributed by atoms with Crippen LogP contribution in [0.1, 0.15) is 31.6 Å². The molecular weight excluding hydrogens is 304 g/mol. The summed E-state index contributed by atoms with van der Waals surface area (Å²) in [5.74, 6) is 0.750. The average Bonchev–Trinajstić information content (AvgIpc) is 3.24. The van der Waals surface area contributed by atoms with Crippen molar-refractivity contribution in [2.24, 2.45) is 0 Å². The molecule has 0 radical (unpaired) electrons. The number of carbonyl (C=O) groups is 1. The number of piperazine rings is 1. The quantitative estimate of drug-likeness (QED) is 0.941. The van der Waals surface area contributed by atoms with Crippen molar-refractivity contribution in [2.45, 2.75) is 38.3 Å². The number of aromatic nitrogens is 1. The highest BCUT2D eigenvalue weighted by Crippen LogP contribution is 2.19. The number of hydrogen-bond acceptors (Lipinski definition) is 4. The van der Waals surface area contributed by atoms with Gasteiger partial charge in [-0.15, -0.1) is 0 Å². The fraction of sp³-hybridized carbons (Fsp3) is 0.556. The molecule has 24 heavy (non-hydrogen) atoms. The highest BCUT2D eigenvalue weighted by molar-refractivity contribution is 5.74. The van der Waals surface area contributed by atoms with Crippen molar-refractivity contribution >= 4 is 17.1 Å². The first-order valence-electron chi connectivity index (χ1n) is 8.90. The molecule has 0 unspecified atom stereocenters. The van der Waals surface area contributed by atoms with Crippen LogP contribution in [0.5, 0.6) is 0 Å². The van der Waals surface area contributed by atoms with Gasteiger partial charge in [-0.1, -0.05) is 25.0 Å². The minimum Gasteiger partial charge on any atom is -0.439 e. The lowest BCUT2D eigenvalue weighted by Crippen LogP contribution is -2.52. The Kier molecular flexibility index (Phi) is 4.38. The summed E-state index contributed by atoms with van der Waals surface area (Å²) >= 11 is 0. The zero-order valence-corrected chi connectivity index (χ0v) is 13.9. The summed E-state index contributed by atoms with van der Waals surface area (Å²) in [4.78, 5) is 21.1. The summed E-state index contributed by atoms with van der Waals surface area (Å²) in [7, 11) is 0. The molecule has 6 nitrogen and oxygen atoms in total. The fourth-order valence-corrected chi connectivity index (χ4v) is 3.62. The predicted octanol–water partition coefficient (Wildman–Crippen LogP) is 2.60. The third-order valence-electron chi connectivity index (χ3n) is 5.04. The van der Waals surface area contributed by atoms with Gasteiger partial charge >= 0.3 is 6.03 Å². The van der Waals surface area contributed by atoms with E-state index >= 15 is 0 Å². The van der Waals surface area contributed by atoms with E-state index in [2.05, 4.69) is 15.2 Å². The Hall–Kier alpha value is -2.08. The monoisotopic (exact) mass is 328 g/mol. The standard InChI is InChI=1S/C18H24N4O2/c23-18(19-14-5-1-2-6-14)22-11-9-21(10-12-22)13-17-20-15-7-3-4-8-16(15)24-17/h3-4,7-8,14H,1-2,5-6,9-13H2,(H,19,23). The minimum absolute atomic E-state index is 0.100. The molecule has 4 rings (SSSR count). The first kappa shape index (κ1) is 15.4. The maximum atomic E-state index is 12.3. The molecule has 1 saturated heterocycles. The minimum atomic E-state index is 0.100. The summed E-state index contributed by atoms with van der Waals surface area (Å²) in [5.41, 5.74) is 1.74. The summed E-state index contributed by atoms with van der Waals surface area (Å²) in [5, 5.41) is 3.17. The molecule has 128 valence electrons. The Morgan fingerprint density at radius 1 is 1.17 bits per heavy atom. The number of para-hydroxylation sites is 2. The molecule has 2 fully saturated rings. The lowest BCUT2D eigenvalue weighted by atomic mass is 10.2. The van der Waals surface area contributed by atoms with Gasteiger partial charge in [0.1, 0.15) is 5.52 Å². The van der Waals surface area contributed by atoms with E-state index < -0.39 is 0 Å². The molecular formula is C18H24N4O2. The van der Waals surface area contributed by atoms with Crippen LogP contribution in [-0.4, -0.2) is 53.0 Å². The second-order valence-corrected chi connectivity index (χ2v) is 6.77. The smallest absolute Gasteiger partial charge is 0.317 e. The van der Waals surface area contributed by atoms with Gasteiger partial charge in [-0.05, 0) is 25.0 Å². The molecule has 2 amide bonds. The number of fused-ring (bicyclic) bond motifs is 1. The molecule has 2 heterocycles. The second-order valence-electron chi connectivity index (χ2n) is 6.77. The number of benzene rings is 1. The zero-order valence-electron chi connectivity index (χ0n) is 13.9. The van der Waals surface area contributed by atoms with Gasteiger partial charge in [0.05, 0.1) is 6.54 Å². The van der Waals surface area contributed by atoms with Gasteiger partial charge < -0.3 is 14.6 Å². The van der Waals surface area contributed by atoms with Crippen molar-refractivity contribution in [3.63, 3.8) is 0 Å². The van der Waals surface area contributed by atoms with Gasteiger partial charge in [0, 0.05) is 32.2 Å². The number of amides is 2. The first-order valence-corrected chi connectivity index (χ1v) is 8.90. The number of nitrogens with one attached hydrogen (secondary N) is 1. The van der Waals surface area contributed by atoms with Gasteiger partial charge in [0.2, 0.25) is 5.89 Å². The number of oxazole rings is 1. The van der Waals surface area contributed by atoms with E-state index in [4.69, 9.17) is 4.42 Å². The number of nitrogens with zero attached hydrogens (tertiary/aromatic N) is 3. The Labute approximate surface area is 141 Å². The van der Waals surface area contributed by atoms with Gasteiger partial charge in [0.15, 0.2) is 5.58 Å². The highest BCUT2D eigenvalue weighted by Gasteiger charge is 2.25. The number of rotatable bonds is 3. The van der Waals surface area contributed by atoms with Gasteiger partial charge in [-0.25, -0.2) is 9.78 Å². The first-order chi connectivity index (χ1) is 11.8. The predicted molar refractivity (Wildman–Crippen MR) is 91.6 cm³/mol. The Bertz CT molecular complexity index is 667. The molecule has 0 spiro atoms. The van der Waals surface area contributed by atoms with E-state index in [-0.39, 0.29) is 6.03 Å². The van der Waals surface area contributed by atoms with Crippen molar-refractivity contribution < 1.29 is 9.21 Å². The van der Waals surface area contributed by atoms with Crippen molar-refractivity contribution in [3.8, 4) is 0 Å². The van der Waals surface area contributed by atoms with E-state index in [9.17, 15) is 4.79 Å². The summed E-state index contributed by atoms with van der Waals surface area (Å²) in [6, 6.07) is 8.32. The zero-order chi connectivity index (χ0) is 16.4. The van der Waals surface area contributed by atoms with E-state index in [1.807, 2.05) is 29.2 Å². The van der Waals surface area contributed by atoms with Gasteiger partial charge in [0.25, 0.3) is 0 Å². The molecule has 0 bridgehead atoms. The molecule has 1 aliphatic carbocycles. The third kappa shape index (κ3) is 3.38. The van der Waals surface area contributed by atoms with E-state index in [1.165, 1.54) is 12.8 Å². The second kappa shape index (κ2) is 6.81. The van der Waals surface area contributed by atoms with E-state index in [0.29, 0.717) is 12.6 Å². The Balaban J connectivity index is 1.28. The van der Waals surface area contributed by atoms with Gasteiger partial charge in [-0.2, -0.15) is 0 Å². The van der Waals surface area contributed by atoms with Crippen LogP contribution in [0, 0.1) is 0 Å². The highest BCUT2D eigenvalue weighted by atomic mass is 16.3. The van der Waals surface area contributed by atoms with E-state index in [0.717, 1.165) is 56.0 Å². The van der Waals surface area contributed by atoms with Crippen LogP contribution in [0.2, 0.25) is 0 Å². The Morgan fingerprint density at radius 3 is 2.67 bits per heavy atom. The van der Waals surface area contributed by atoms with Crippen LogP contribution in [0.25, 0.3) is 11.1 Å². The van der Waals surface area contributed by atoms with Crippen molar-refractivity contribution in [1.82, 2.24) is 20.1 Å². The van der Waals surface area contributed by atoms with Crippen LogP contribution in [-0.2, 0) is 6.54 Å². The fourth-order valence-electron chi connectivity index (χ4n) is 3.62. The lowest BCUT2D eigenvalue weighted by Gasteiger charge is -2.34. The molecule has 1 aromatic carbocycles. The molecule has 1 aromatic heterocycles. The molecule has 2 aliphatic rings. The van der Waals surface area contributed by atoms with Crippen LogP contribution >= 0.6 is 0 Å². The summed E-state index contributed by atoms with van der Waals surface area (Å²) in [6.07, 6.45) is 4.74. The molecule has 6 heteroatoms. The summed E-state index contributed by atoms with van der Waals surface area (Å²) < 4.78 is 5.79. The SMILES string of the molecule is O=C(NC1CCCC1)N1CCN(Cc2nc3ccccc3o2)CC1. The maximum absolute atomic E-state index is 12.3. The summed E-state index contributed by atoms with van der Waals surface area (Å²) in [6.45, 7) is 3.94. The average molecular weight is 328 g/mol. The molecule has 0 atom stereocenters. The maximum Gasteiger partial charge on any atom is 0.317 e. The van der Waals surface area contributed by atoms with Crippen LogP contribution < -0.4 is 5.32 Å². The lowest BCUT2D eigenvalue weighted by molar-refractivity contribution is 0.127. The van der Waals surface area contributed by atoms with Crippen LogP contribution in [0.3, 0.4) is 0 Å². The molecule has 2 aromatic rings. The van der Waals surface area contributed by atoms with Crippen LogP contribution in [0.4, 0.5) is 4.79 Å².